The monoisotopic (exact) mass is 465 g/mol. The minimum atomic E-state index is -0.594. The van der Waals surface area contributed by atoms with E-state index in [9.17, 15) is 14.0 Å². The number of furan rings is 1. The predicted octanol–water partition coefficient (Wildman–Crippen LogP) is 4.43. The van der Waals surface area contributed by atoms with Crippen molar-refractivity contribution < 1.29 is 23.1 Å². The van der Waals surface area contributed by atoms with Crippen LogP contribution in [0.4, 0.5) is 4.39 Å². The highest BCUT2D eigenvalue weighted by Crippen LogP contribution is 2.21. The van der Waals surface area contributed by atoms with Gasteiger partial charge in [-0.25, -0.2) is 9.37 Å². The van der Waals surface area contributed by atoms with Gasteiger partial charge in [0.15, 0.2) is 5.76 Å². The van der Waals surface area contributed by atoms with Gasteiger partial charge in [-0.2, -0.15) is 0 Å². The van der Waals surface area contributed by atoms with Crippen molar-refractivity contribution in [3.63, 3.8) is 0 Å². The molecule has 2 aromatic heterocycles. The van der Waals surface area contributed by atoms with E-state index in [1.165, 1.54) is 29.5 Å². The Hall–Kier alpha value is -3.98. The number of aryl methyl sites for hydroxylation is 1. The van der Waals surface area contributed by atoms with Gasteiger partial charge in [0.1, 0.15) is 28.8 Å². The van der Waals surface area contributed by atoms with Crippen LogP contribution in [0.3, 0.4) is 0 Å². The fourth-order valence-corrected chi connectivity index (χ4v) is 3.99. The number of hydrogen-bond donors (Lipinski definition) is 2. The second-order valence-corrected chi connectivity index (χ2v) is 8.18. The summed E-state index contributed by atoms with van der Waals surface area (Å²) < 4.78 is 24.1. The van der Waals surface area contributed by atoms with Gasteiger partial charge in [0.2, 0.25) is 0 Å². The van der Waals surface area contributed by atoms with Crippen molar-refractivity contribution in [1.29, 1.82) is 0 Å². The third-order valence-corrected chi connectivity index (χ3v) is 5.77. The number of carbonyl (C=O) groups excluding carboxylic acids is 2. The van der Waals surface area contributed by atoms with Gasteiger partial charge in [-0.1, -0.05) is 30.3 Å². The quantitative estimate of drug-likeness (QED) is 0.394. The first-order chi connectivity index (χ1) is 16.0. The number of halogens is 1. The van der Waals surface area contributed by atoms with E-state index in [4.69, 9.17) is 9.15 Å². The second kappa shape index (κ2) is 10.1. The summed E-state index contributed by atoms with van der Waals surface area (Å²) in [6, 6.07) is 18.5. The third-order valence-electron chi connectivity index (χ3n) is 4.62. The zero-order chi connectivity index (χ0) is 23.2. The number of hydrogen-bond acceptors (Lipinski definition) is 6. The average molecular weight is 466 g/mol. The number of benzene rings is 2. The molecule has 2 aromatic carbocycles. The fourth-order valence-electron chi connectivity index (χ4n) is 3.00. The summed E-state index contributed by atoms with van der Waals surface area (Å²) >= 11 is 1.21. The molecule has 0 radical (unpaired) electrons. The molecule has 0 aliphatic carbocycles. The maximum absolute atomic E-state index is 13.1. The summed E-state index contributed by atoms with van der Waals surface area (Å²) in [4.78, 5) is 29.6. The Morgan fingerprint density at radius 2 is 1.73 bits per heavy atom. The molecule has 7 nitrogen and oxygen atoms in total. The minimum Gasteiger partial charge on any atom is -0.486 e. The number of nitrogens with one attached hydrogen (secondary N) is 2. The van der Waals surface area contributed by atoms with Crippen LogP contribution in [0.1, 0.15) is 42.3 Å². The molecule has 0 unspecified atom stereocenters. The van der Waals surface area contributed by atoms with Crippen LogP contribution in [0, 0.1) is 12.7 Å². The summed E-state index contributed by atoms with van der Waals surface area (Å²) in [6.07, 6.45) is 0.478. The van der Waals surface area contributed by atoms with Gasteiger partial charge in [-0.15, -0.1) is 11.3 Å². The number of para-hydroxylation sites is 1. The van der Waals surface area contributed by atoms with Crippen molar-refractivity contribution in [3.8, 4) is 5.75 Å². The Morgan fingerprint density at radius 1 is 1.00 bits per heavy atom. The molecular formula is C24H20FN3O4S. The molecule has 0 aliphatic rings. The van der Waals surface area contributed by atoms with Crippen molar-refractivity contribution in [2.24, 2.45) is 0 Å². The van der Waals surface area contributed by atoms with E-state index in [0.29, 0.717) is 33.5 Å². The molecule has 33 heavy (non-hydrogen) atoms. The van der Waals surface area contributed by atoms with Gasteiger partial charge in [0.25, 0.3) is 5.91 Å². The molecule has 0 atom stereocenters. The van der Waals surface area contributed by atoms with E-state index in [-0.39, 0.29) is 18.2 Å². The molecule has 0 fully saturated rings. The molecule has 168 valence electrons. The largest absolute Gasteiger partial charge is 0.486 e. The highest BCUT2D eigenvalue weighted by atomic mass is 32.1. The normalized spacial score (nSPS) is 10.6. The Morgan fingerprint density at radius 3 is 2.48 bits per heavy atom. The lowest BCUT2D eigenvalue weighted by Crippen LogP contribution is -2.41. The molecule has 0 aliphatic heterocycles. The zero-order valence-electron chi connectivity index (χ0n) is 17.6. The number of hydrazine groups is 1. The highest BCUT2D eigenvalue weighted by Gasteiger charge is 2.18. The van der Waals surface area contributed by atoms with E-state index in [1.807, 2.05) is 30.3 Å². The van der Waals surface area contributed by atoms with Gasteiger partial charge in [-0.05, 0) is 48.9 Å². The Kier molecular flexibility index (Phi) is 6.80. The van der Waals surface area contributed by atoms with E-state index in [2.05, 4.69) is 15.8 Å². The molecular weight excluding hydrogens is 445 g/mol. The van der Waals surface area contributed by atoms with Crippen molar-refractivity contribution in [2.75, 3.05) is 0 Å². The van der Waals surface area contributed by atoms with Crippen LogP contribution in [0.15, 0.2) is 71.1 Å². The Labute approximate surface area is 193 Å². The summed E-state index contributed by atoms with van der Waals surface area (Å²) in [7, 11) is 0. The number of ether oxygens (including phenoxy) is 1. The van der Waals surface area contributed by atoms with Gasteiger partial charge in [-0.3, -0.25) is 20.4 Å². The van der Waals surface area contributed by atoms with Crippen molar-refractivity contribution in [1.82, 2.24) is 15.8 Å². The van der Waals surface area contributed by atoms with E-state index in [1.54, 1.807) is 25.1 Å². The average Bonchev–Trinajstić information content (AvgIpc) is 3.45. The summed E-state index contributed by atoms with van der Waals surface area (Å²) in [6.45, 7) is 1.88. The van der Waals surface area contributed by atoms with E-state index >= 15 is 0 Å². The number of carbonyl (C=O) groups is 2. The topological polar surface area (TPSA) is 93.5 Å². The first-order valence-corrected chi connectivity index (χ1v) is 10.9. The first-order valence-electron chi connectivity index (χ1n) is 10.1. The van der Waals surface area contributed by atoms with Crippen LogP contribution in [0.5, 0.6) is 5.75 Å². The number of amides is 2. The van der Waals surface area contributed by atoms with Crippen molar-refractivity contribution in [3.05, 3.63) is 105 Å². The third kappa shape index (κ3) is 5.83. The van der Waals surface area contributed by atoms with Gasteiger partial charge >= 0.3 is 5.91 Å². The smallest absolute Gasteiger partial charge is 0.305 e. The zero-order valence-corrected chi connectivity index (χ0v) is 18.4. The van der Waals surface area contributed by atoms with E-state index < -0.39 is 11.8 Å². The highest BCUT2D eigenvalue weighted by molar-refractivity contribution is 7.13. The van der Waals surface area contributed by atoms with Crippen LogP contribution in [0.25, 0.3) is 0 Å². The lowest BCUT2D eigenvalue weighted by Gasteiger charge is -2.05. The van der Waals surface area contributed by atoms with Gasteiger partial charge < -0.3 is 9.15 Å². The SMILES string of the molecule is Cc1nc(Cc2ccc(F)cc2)sc1C(=O)NNC(=O)c1ccc(COc2ccccc2)o1. The number of rotatable bonds is 7. The maximum Gasteiger partial charge on any atom is 0.305 e. The summed E-state index contributed by atoms with van der Waals surface area (Å²) in [5.41, 5.74) is 6.15. The Bertz CT molecular complexity index is 1250. The second-order valence-electron chi connectivity index (χ2n) is 7.10. The first kappa shape index (κ1) is 22.2. The van der Waals surface area contributed by atoms with Crippen LogP contribution in [0.2, 0.25) is 0 Å². The lowest BCUT2D eigenvalue weighted by atomic mass is 10.1. The molecule has 2 heterocycles. The maximum atomic E-state index is 13.1. The fraction of sp³-hybridized carbons (Fsp3) is 0.125. The van der Waals surface area contributed by atoms with E-state index in [0.717, 1.165) is 5.56 Å². The predicted molar refractivity (Wildman–Crippen MR) is 120 cm³/mol. The number of nitrogens with zero attached hydrogens (tertiary/aromatic N) is 1. The molecule has 0 bridgehead atoms. The molecule has 0 saturated heterocycles. The molecule has 4 rings (SSSR count). The van der Waals surface area contributed by atoms with Crippen molar-refractivity contribution in [2.45, 2.75) is 20.0 Å². The van der Waals surface area contributed by atoms with Crippen LogP contribution < -0.4 is 15.6 Å². The minimum absolute atomic E-state index is 0.0417. The summed E-state index contributed by atoms with van der Waals surface area (Å²) in [5, 5.41) is 0.713. The number of thiazole rings is 1. The Balaban J connectivity index is 1.30. The van der Waals surface area contributed by atoms with Gasteiger partial charge in [0, 0.05) is 6.42 Å². The van der Waals surface area contributed by atoms with Crippen LogP contribution in [-0.2, 0) is 13.0 Å². The van der Waals surface area contributed by atoms with Crippen LogP contribution >= 0.6 is 11.3 Å². The molecule has 9 heteroatoms. The van der Waals surface area contributed by atoms with Crippen molar-refractivity contribution >= 4 is 23.2 Å². The molecule has 4 aromatic rings. The van der Waals surface area contributed by atoms with Gasteiger partial charge in [0.05, 0.1) is 10.7 Å². The molecule has 2 amide bonds. The number of aromatic nitrogens is 1. The standard InChI is InChI=1S/C24H20FN3O4S/c1-15-22(33-21(26-15)13-16-7-9-17(25)10-8-16)24(30)28-27-23(29)20-12-11-19(32-20)14-31-18-5-3-2-4-6-18/h2-12H,13-14H2,1H3,(H,27,29)(H,28,30). The lowest BCUT2D eigenvalue weighted by molar-refractivity contribution is 0.0830. The summed E-state index contributed by atoms with van der Waals surface area (Å²) in [5.74, 6) is -0.187. The molecule has 0 saturated carbocycles. The van der Waals surface area contributed by atoms with Crippen LogP contribution in [-0.4, -0.2) is 16.8 Å². The molecule has 2 N–H and O–H groups in total. The molecule has 0 spiro atoms.